The number of nitro benzene ring substituents is 1. The van der Waals surface area contributed by atoms with Gasteiger partial charge in [-0.15, -0.1) is 0 Å². The molecule has 0 spiro atoms. The van der Waals surface area contributed by atoms with Crippen LogP contribution in [0.25, 0.3) is 5.69 Å². The van der Waals surface area contributed by atoms with Crippen molar-refractivity contribution in [1.82, 2.24) is 9.78 Å². The number of hydrogen-bond acceptors (Lipinski definition) is 4. The van der Waals surface area contributed by atoms with Crippen LogP contribution in [0, 0.1) is 10.1 Å². The number of aromatic carboxylic acids is 1. The summed E-state index contributed by atoms with van der Waals surface area (Å²) >= 11 is 11.6. The highest BCUT2D eigenvalue weighted by Crippen LogP contribution is 2.36. The van der Waals surface area contributed by atoms with E-state index in [1.807, 2.05) is 0 Å². The molecule has 0 fully saturated rings. The topological polar surface area (TPSA) is 98.3 Å². The number of aromatic nitrogens is 2. The van der Waals surface area contributed by atoms with Crippen LogP contribution in [0.4, 0.5) is 18.9 Å². The lowest BCUT2D eigenvalue weighted by molar-refractivity contribution is -0.384. The molecule has 0 saturated heterocycles. The molecule has 1 aromatic heterocycles. The molecule has 2 aromatic rings. The largest absolute Gasteiger partial charge is 0.477 e. The van der Waals surface area contributed by atoms with E-state index in [2.05, 4.69) is 5.10 Å². The van der Waals surface area contributed by atoms with Crippen molar-refractivity contribution in [3.63, 3.8) is 0 Å². The lowest BCUT2D eigenvalue weighted by atomic mass is 10.2. The first-order valence-electron chi connectivity index (χ1n) is 5.56. The molecule has 1 heterocycles. The highest BCUT2D eigenvalue weighted by molar-refractivity contribution is 6.38. The molecule has 0 aliphatic heterocycles. The number of carboxylic acids is 1. The lowest BCUT2D eigenvalue weighted by Gasteiger charge is -2.09. The molecule has 2 rings (SSSR count). The smallest absolute Gasteiger partial charge is 0.435 e. The minimum Gasteiger partial charge on any atom is -0.477 e. The van der Waals surface area contributed by atoms with Gasteiger partial charge in [-0.05, 0) is 0 Å². The maximum Gasteiger partial charge on any atom is 0.435 e. The number of rotatable bonds is 3. The van der Waals surface area contributed by atoms with Gasteiger partial charge in [0.25, 0.3) is 5.69 Å². The fourth-order valence-corrected chi connectivity index (χ4v) is 2.34. The molecular formula is C11H4Cl2F3N3O4. The first kappa shape index (κ1) is 17.0. The summed E-state index contributed by atoms with van der Waals surface area (Å²) in [5, 5.41) is 22.0. The van der Waals surface area contributed by atoms with Crippen LogP contribution < -0.4 is 0 Å². The average molecular weight is 370 g/mol. The predicted molar refractivity (Wildman–Crippen MR) is 72.2 cm³/mol. The van der Waals surface area contributed by atoms with Gasteiger partial charge < -0.3 is 5.11 Å². The van der Waals surface area contributed by atoms with Gasteiger partial charge in [0, 0.05) is 18.2 Å². The Morgan fingerprint density at radius 1 is 1.26 bits per heavy atom. The second-order valence-corrected chi connectivity index (χ2v) is 4.96. The fourth-order valence-electron chi connectivity index (χ4n) is 1.70. The Kier molecular flexibility index (Phi) is 4.22. The van der Waals surface area contributed by atoms with Crippen LogP contribution in [0.2, 0.25) is 10.0 Å². The minimum atomic E-state index is -4.89. The molecule has 0 radical (unpaired) electrons. The molecule has 0 aliphatic rings. The first-order chi connectivity index (χ1) is 10.5. The van der Waals surface area contributed by atoms with Gasteiger partial charge >= 0.3 is 12.1 Å². The van der Waals surface area contributed by atoms with E-state index in [1.165, 1.54) is 0 Å². The van der Waals surface area contributed by atoms with Crippen LogP contribution in [-0.2, 0) is 6.18 Å². The Hall–Kier alpha value is -2.33. The summed E-state index contributed by atoms with van der Waals surface area (Å²) < 4.78 is 38.5. The Morgan fingerprint density at radius 3 is 2.17 bits per heavy atom. The van der Waals surface area contributed by atoms with Crippen molar-refractivity contribution in [2.45, 2.75) is 6.18 Å². The lowest BCUT2D eigenvalue weighted by Crippen LogP contribution is -2.10. The predicted octanol–water partition coefficient (Wildman–Crippen LogP) is 3.80. The first-order valence-corrected chi connectivity index (χ1v) is 6.32. The molecule has 1 aromatic carbocycles. The molecule has 0 saturated carbocycles. The molecule has 12 heteroatoms. The van der Waals surface area contributed by atoms with Crippen LogP contribution in [0.5, 0.6) is 0 Å². The zero-order valence-corrected chi connectivity index (χ0v) is 12.1. The van der Waals surface area contributed by atoms with E-state index < -0.39 is 49.9 Å². The molecule has 0 bridgehead atoms. The summed E-state index contributed by atoms with van der Waals surface area (Å²) in [6.07, 6.45) is -4.89. The van der Waals surface area contributed by atoms with Gasteiger partial charge in [-0.1, -0.05) is 23.2 Å². The summed E-state index contributed by atoms with van der Waals surface area (Å²) in [5.41, 5.74) is -3.24. The fraction of sp³-hybridized carbons (Fsp3) is 0.0909. The normalized spacial score (nSPS) is 11.5. The second-order valence-electron chi connectivity index (χ2n) is 4.14. The van der Waals surface area contributed by atoms with E-state index in [4.69, 9.17) is 28.3 Å². The number of nitrogens with zero attached hydrogens (tertiary/aromatic N) is 3. The van der Waals surface area contributed by atoms with Crippen molar-refractivity contribution in [1.29, 1.82) is 0 Å². The summed E-state index contributed by atoms with van der Waals surface area (Å²) in [7, 11) is 0. The van der Waals surface area contributed by atoms with Gasteiger partial charge in [0.05, 0.1) is 15.0 Å². The quantitative estimate of drug-likeness (QED) is 0.655. The number of carbonyl (C=O) groups is 1. The van der Waals surface area contributed by atoms with Gasteiger partial charge in [-0.3, -0.25) is 10.1 Å². The Balaban J connectivity index is 2.74. The Bertz CT molecular complexity index is 796. The third kappa shape index (κ3) is 3.22. The SMILES string of the molecule is O=C(O)c1cc(C(F)(F)F)nn1-c1c(Cl)cc([N+](=O)[O-])cc1Cl. The third-order valence-corrected chi connectivity index (χ3v) is 3.22. The van der Waals surface area contributed by atoms with E-state index in [-0.39, 0.29) is 0 Å². The van der Waals surface area contributed by atoms with E-state index in [0.29, 0.717) is 10.7 Å². The highest BCUT2D eigenvalue weighted by atomic mass is 35.5. The maximum absolute atomic E-state index is 12.7. The Morgan fingerprint density at radius 2 is 1.78 bits per heavy atom. The van der Waals surface area contributed by atoms with Crippen LogP contribution in [0.15, 0.2) is 18.2 Å². The van der Waals surface area contributed by atoms with Crippen molar-refractivity contribution in [2.75, 3.05) is 0 Å². The number of hydrogen-bond donors (Lipinski definition) is 1. The molecule has 0 amide bonds. The van der Waals surface area contributed by atoms with Crippen molar-refractivity contribution in [3.05, 3.63) is 49.7 Å². The number of carboxylic acid groups (broad SMARTS) is 1. The van der Waals surface area contributed by atoms with Crippen LogP contribution in [-0.4, -0.2) is 25.8 Å². The molecule has 1 N–H and O–H groups in total. The maximum atomic E-state index is 12.7. The standard InChI is InChI=1S/C11H4Cl2F3N3O4/c12-5-1-4(19(22)23)2-6(13)9(5)18-7(10(20)21)3-8(17-18)11(14,15)16/h1-3H,(H,20,21). The molecule has 122 valence electrons. The molecule has 0 atom stereocenters. The summed E-state index contributed by atoms with van der Waals surface area (Å²) in [6.45, 7) is 0. The molecule has 0 aliphatic carbocycles. The van der Waals surface area contributed by atoms with Crippen molar-refractivity contribution >= 4 is 34.9 Å². The van der Waals surface area contributed by atoms with Gasteiger partial charge in [-0.25, -0.2) is 9.48 Å². The number of nitro groups is 1. The number of alkyl halides is 3. The summed E-state index contributed by atoms with van der Waals surface area (Å²) in [5.74, 6) is -1.71. The van der Waals surface area contributed by atoms with Crippen molar-refractivity contribution in [3.8, 4) is 5.69 Å². The van der Waals surface area contributed by atoms with Crippen LogP contribution in [0.1, 0.15) is 16.2 Å². The van der Waals surface area contributed by atoms with Gasteiger partial charge in [0.1, 0.15) is 5.69 Å². The average Bonchev–Trinajstić information content (AvgIpc) is 2.82. The number of non-ortho nitro benzene ring substituents is 1. The van der Waals surface area contributed by atoms with E-state index in [9.17, 15) is 28.1 Å². The number of benzene rings is 1. The zero-order chi connectivity index (χ0) is 17.5. The van der Waals surface area contributed by atoms with Gasteiger partial charge in [0.2, 0.25) is 0 Å². The van der Waals surface area contributed by atoms with Crippen LogP contribution in [0.3, 0.4) is 0 Å². The van der Waals surface area contributed by atoms with Gasteiger partial charge in [-0.2, -0.15) is 18.3 Å². The van der Waals surface area contributed by atoms with E-state index in [1.54, 1.807) is 0 Å². The summed E-state index contributed by atoms with van der Waals surface area (Å²) in [4.78, 5) is 21.0. The second kappa shape index (κ2) is 5.70. The third-order valence-electron chi connectivity index (χ3n) is 2.64. The van der Waals surface area contributed by atoms with Crippen molar-refractivity contribution < 1.29 is 28.0 Å². The number of halogens is 5. The molecule has 0 unspecified atom stereocenters. The van der Waals surface area contributed by atoms with Crippen LogP contribution >= 0.6 is 23.2 Å². The molecule has 23 heavy (non-hydrogen) atoms. The molecular weight excluding hydrogens is 366 g/mol. The zero-order valence-electron chi connectivity index (χ0n) is 10.6. The minimum absolute atomic E-state index is 0.302. The summed E-state index contributed by atoms with van der Waals surface area (Å²) in [6, 6.07) is 1.95. The van der Waals surface area contributed by atoms with E-state index in [0.717, 1.165) is 12.1 Å². The highest BCUT2D eigenvalue weighted by Gasteiger charge is 2.36. The van der Waals surface area contributed by atoms with E-state index >= 15 is 0 Å². The Labute approximate surface area is 135 Å². The molecule has 7 nitrogen and oxygen atoms in total. The monoisotopic (exact) mass is 369 g/mol. The van der Waals surface area contributed by atoms with Gasteiger partial charge in [0.15, 0.2) is 11.4 Å². The van der Waals surface area contributed by atoms with Crippen molar-refractivity contribution in [2.24, 2.45) is 0 Å².